The van der Waals surface area contributed by atoms with E-state index in [1.807, 2.05) is 6.08 Å². The molecule has 0 bridgehead atoms. The summed E-state index contributed by atoms with van der Waals surface area (Å²) < 4.78 is 44.7. The number of rotatable bonds is 6. The fourth-order valence-corrected chi connectivity index (χ4v) is 5.51. The molecule has 10 heteroatoms. The number of ketones is 1. The van der Waals surface area contributed by atoms with Crippen molar-refractivity contribution in [1.29, 1.82) is 0 Å². The lowest BCUT2D eigenvalue weighted by atomic mass is 9.76. The van der Waals surface area contributed by atoms with E-state index in [0.29, 0.717) is 33.9 Å². The van der Waals surface area contributed by atoms with Crippen LogP contribution in [0.1, 0.15) is 47.9 Å². The Hall–Kier alpha value is -4.60. The predicted molar refractivity (Wildman–Crippen MR) is 146 cm³/mol. The number of anilines is 2. The summed E-state index contributed by atoms with van der Waals surface area (Å²) >= 11 is 0. The first-order valence-corrected chi connectivity index (χ1v) is 13.0. The summed E-state index contributed by atoms with van der Waals surface area (Å²) in [5, 5.41) is 12.6. The molecule has 0 fully saturated rings. The lowest BCUT2D eigenvalue weighted by Gasteiger charge is -2.37. The number of carboxylic acid groups (broad SMARTS) is 1. The number of Topliss-reactive ketones (excluding diaryl/α,β-unsaturated/α-hetero) is 1. The Morgan fingerprint density at radius 3 is 2.27 bits per heavy atom. The zero-order valence-electron chi connectivity index (χ0n) is 22.0. The molecule has 2 N–H and O–H groups in total. The summed E-state index contributed by atoms with van der Waals surface area (Å²) in [4.78, 5) is 40.5. The summed E-state index contributed by atoms with van der Waals surface area (Å²) in [5.41, 5.74) is 1.98. The van der Waals surface area contributed by atoms with Crippen LogP contribution >= 0.6 is 0 Å². The Morgan fingerprint density at radius 1 is 0.976 bits per heavy atom. The Labute approximate surface area is 234 Å². The molecule has 41 heavy (non-hydrogen) atoms. The summed E-state index contributed by atoms with van der Waals surface area (Å²) in [7, 11) is 1.52. The van der Waals surface area contributed by atoms with Crippen LogP contribution in [0.25, 0.3) is 0 Å². The van der Waals surface area contributed by atoms with Crippen molar-refractivity contribution in [1.82, 2.24) is 0 Å². The second kappa shape index (κ2) is 11.1. The number of fused-ring (bicyclic) bond motifs is 2. The summed E-state index contributed by atoms with van der Waals surface area (Å²) in [6.07, 6.45) is -3.27. The highest BCUT2D eigenvalue weighted by Crippen LogP contribution is 2.48. The minimum absolute atomic E-state index is 0.0152. The van der Waals surface area contributed by atoms with Crippen LogP contribution in [-0.2, 0) is 20.6 Å². The van der Waals surface area contributed by atoms with Crippen molar-refractivity contribution in [2.45, 2.75) is 37.4 Å². The van der Waals surface area contributed by atoms with Crippen molar-refractivity contribution in [2.24, 2.45) is 5.92 Å². The van der Waals surface area contributed by atoms with Crippen molar-refractivity contribution in [3.63, 3.8) is 0 Å². The highest BCUT2D eigenvalue weighted by molar-refractivity contribution is 6.02. The van der Waals surface area contributed by atoms with Crippen LogP contribution in [0.15, 0.2) is 84.6 Å². The van der Waals surface area contributed by atoms with Gasteiger partial charge in [0.15, 0.2) is 0 Å². The topological polar surface area (TPSA) is 95.9 Å². The van der Waals surface area contributed by atoms with Gasteiger partial charge in [-0.1, -0.05) is 42.5 Å². The normalized spacial score (nSPS) is 20.2. The maximum Gasteiger partial charge on any atom is 0.416 e. The molecule has 2 aliphatic rings. The largest absolute Gasteiger partial charge is 0.497 e. The van der Waals surface area contributed by atoms with Crippen LogP contribution in [0.5, 0.6) is 5.75 Å². The van der Waals surface area contributed by atoms with Crippen molar-refractivity contribution >= 4 is 29.0 Å². The van der Waals surface area contributed by atoms with Gasteiger partial charge < -0.3 is 20.1 Å². The molecule has 0 radical (unpaired) electrons. The Kier molecular flexibility index (Phi) is 7.57. The molecule has 3 aromatic rings. The molecule has 5 rings (SSSR count). The number of carbonyl (C=O) groups excluding carboxylic acids is 2. The number of carbonyl (C=O) groups is 3. The molecule has 3 unspecified atom stereocenters. The minimum Gasteiger partial charge on any atom is -0.497 e. The molecule has 1 heterocycles. The lowest BCUT2D eigenvalue weighted by molar-refractivity contribution is -0.139. The third-order valence-electron chi connectivity index (χ3n) is 7.47. The van der Waals surface area contributed by atoms with Gasteiger partial charge in [0.05, 0.1) is 42.4 Å². The average molecular weight is 565 g/mol. The zero-order valence-corrected chi connectivity index (χ0v) is 22.0. The number of halogens is 3. The SMILES string of the molecule is COc1ccc(C2C3C(=O)CC(c4ccc(C(F)(F)F)cc4)C=C3Nc3ccccc3N2C(=O)CCC(=O)O)cc1. The van der Waals surface area contributed by atoms with Gasteiger partial charge in [-0.25, -0.2) is 0 Å². The van der Waals surface area contributed by atoms with E-state index >= 15 is 0 Å². The number of benzene rings is 3. The summed E-state index contributed by atoms with van der Waals surface area (Å²) in [6.45, 7) is 0. The van der Waals surface area contributed by atoms with E-state index in [2.05, 4.69) is 5.32 Å². The molecule has 0 saturated heterocycles. The zero-order chi connectivity index (χ0) is 29.3. The second-order valence-electron chi connectivity index (χ2n) is 10.0. The maximum absolute atomic E-state index is 14.0. The first kappa shape index (κ1) is 27.9. The van der Waals surface area contributed by atoms with Crippen molar-refractivity contribution < 1.29 is 37.4 Å². The number of para-hydroxylation sites is 2. The molecule has 1 aliphatic heterocycles. The number of nitrogens with one attached hydrogen (secondary N) is 1. The Morgan fingerprint density at radius 2 is 1.63 bits per heavy atom. The van der Waals surface area contributed by atoms with E-state index in [1.54, 1.807) is 48.5 Å². The van der Waals surface area contributed by atoms with E-state index in [-0.39, 0.29) is 25.0 Å². The number of alkyl halides is 3. The van der Waals surface area contributed by atoms with Gasteiger partial charge >= 0.3 is 12.1 Å². The van der Waals surface area contributed by atoms with E-state index in [4.69, 9.17) is 4.74 Å². The molecular formula is C31H27F3N2O5. The van der Waals surface area contributed by atoms with Crippen LogP contribution in [0.4, 0.5) is 24.5 Å². The van der Waals surface area contributed by atoms with E-state index < -0.39 is 41.5 Å². The first-order valence-electron chi connectivity index (χ1n) is 13.0. The van der Waals surface area contributed by atoms with Crippen LogP contribution in [0.2, 0.25) is 0 Å². The number of carboxylic acids is 1. The second-order valence-corrected chi connectivity index (χ2v) is 10.0. The quantitative estimate of drug-likeness (QED) is 0.363. The molecule has 3 aromatic carbocycles. The first-order chi connectivity index (χ1) is 19.6. The molecule has 3 atom stereocenters. The summed E-state index contributed by atoms with van der Waals surface area (Å²) in [5.74, 6) is -2.52. The van der Waals surface area contributed by atoms with Crippen LogP contribution < -0.4 is 15.0 Å². The molecule has 1 amide bonds. The van der Waals surface area contributed by atoms with Crippen LogP contribution in [-0.4, -0.2) is 29.9 Å². The minimum atomic E-state index is -4.47. The van der Waals surface area contributed by atoms with Crippen molar-refractivity contribution in [3.8, 4) is 5.75 Å². The monoisotopic (exact) mass is 564 g/mol. The lowest BCUT2D eigenvalue weighted by Crippen LogP contribution is -2.42. The number of aliphatic carboxylic acids is 1. The molecular weight excluding hydrogens is 537 g/mol. The molecule has 7 nitrogen and oxygen atoms in total. The van der Waals surface area contributed by atoms with E-state index in [0.717, 1.165) is 12.1 Å². The number of methoxy groups -OCH3 is 1. The van der Waals surface area contributed by atoms with Crippen LogP contribution in [0, 0.1) is 5.92 Å². The highest BCUT2D eigenvalue weighted by Gasteiger charge is 2.45. The number of amides is 1. The van der Waals surface area contributed by atoms with Crippen LogP contribution in [0.3, 0.4) is 0 Å². The maximum atomic E-state index is 14.0. The van der Waals surface area contributed by atoms with Crippen molar-refractivity contribution in [3.05, 3.63) is 101 Å². The molecule has 212 valence electrons. The number of hydrogen-bond donors (Lipinski definition) is 2. The molecule has 0 saturated carbocycles. The number of nitrogens with zero attached hydrogens (tertiary/aromatic N) is 1. The molecule has 0 aromatic heterocycles. The number of hydrogen-bond acceptors (Lipinski definition) is 5. The number of ether oxygens (including phenoxy) is 1. The fraction of sp³-hybridized carbons (Fsp3) is 0.258. The molecule has 0 spiro atoms. The highest BCUT2D eigenvalue weighted by atomic mass is 19.4. The summed E-state index contributed by atoms with van der Waals surface area (Å²) in [6, 6.07) is 17.9. The third-order valence-corrected chi connectivity index (χ3v) is 7.47. The van der Waals surface area contributed by atoms with E-state index in [9.17, 15) is 32.7 Å². The fourth-order valence-electron chi connectivity index (χ4n) is 5.51. The van der Waals surface area contributed by atoms with Gasteiger partial charge in [-0.2, -0.15) is 13.2 Å². The van der Waals surface area contributed by atoms with Gasteiger partial charge in [0, 0.05) is 24.5 Å². The predicted octanol–water partition coefficient (Wildman–Crippen LogP) is 6.34. The smallest absolute Gasteiger partial charge is 0.416 e. The Bertz CT molecular complexity index is 1500. The number of allylic oxidation sites excluding steroid dienone is 1. The third kappa shape index (κ3) is 5.68. The van der Waals surface area contributed by atoms with Gasteiger partial charge in [0.2, 0.25) is 5.91 Å². The molecule has 1 aliphatic carbocycles. The Balaban J connectivity index is 1.64. The van der Waals surface area contributed by atoms with Gasteiger partial charge in [-0.05, 0) is 47.5 Å². The van der Waals surface area contributed by atoms with E-state index in [1.165, 1.54) is 24.1 Å². The van der Waals surface area contributed by atoms with Gasteiger partial charge in [0.25, 0.3) is 0 Å². The van der Waals surface area contributed by atoms with Gasteiger partial charge in [-0.3, -0.25) is 14.4 Å². The standard InChI is InChI=1S/C31H27F3N2O5/c1-41-22-12-8-19(9-13-22)30-29-24(16-20(17-26(29)37)18-6-10-21(11-7-18)31(32,33)34)35-23-4-2-3-5-25(23)36(30)27(38)14-15-28(39)40/h2-13,16,20,29-30,35H,14-15,17H2,1H3,(H,39,40). The van der Waals surface area contributed by atoms with Gasteiger partial charge in [0.1, 0.15) is 11.5 Å². The van der Waals surface area contributed by atoms with Crippen molar-refractivity contribution in [2.75, 3.05) is 17.3 Å². The average Bonchev–Trinajstić information content (AvgIpc) is 3.10. The van der Waals surface area contributed by atoms with Gasteiger partial charge in [-0.15, -0.1) is 0 Å².